The van der Waals surface area contributed by atoms with Crippen LogP contribution in [0, 0.1) is 0 Å². The molecule has 0 aromatic rings. The molecule has 0 spiro atoms. The van der Waals surface area contributed by atoms with Crippen molar-refractivity contribution in [2.75, 3.05) is 0 Å². The molecule has 0 radical (unpaired) electrons. The number of alkyl halides is 1. The quantitative estimate of drug-likeness (QED) is 0.636. The molecular weight excluding hydrogens is 206 g/mol. The van der Waals surface area contributed by atoms with Crippen LogP contribution < -0.4 is 0 Å². The zero-order chi connectivity index (χ0) is 8.86. The monoisotopic (exact) mass is 221 g/mol. The average Bonchev–Trinajstić information content (AvgIpc) is 1.94. The van der Waals surface area contributed by atoms with E-state index in [-0.39, 0.29) is 11.1 Å². The predicted octanol–water partition coefficient (Wildman–Crippen LogP) is 2.40. The Kier molecular flexibility index (Phi) is 2.11. The van der Waals surface area contributed by atoms with E-state index in [0.717, 1.165) is 6.42 Å². The number of hydrogen-bond donors (Lipinski definition) is 1. The van der Waals surface area contributed by atoms with E-state index in [4.69, 9.17) is 0 Å². The van der Waals surface area contributed by atoms with Crippen molar-refractivity contribution in [3.05, 3.63) is 0 Å². The molecule has 3 heteroatoms. The van der Waals surface area contributed by atoms with E-state index < -0.39 is 0 Å². The molecule has 1 fully saturated rings. The first-order chi connectivity index (χ1) is 4.78. The molecule has 66 valence electrons. The van der Waals surface area contributed by atoms with Gasteiger partial charge >= 0.3 is 0 Å². The topological polar surface area (TPSA) is 23.5 Å². The van der Waals surface area contributed by atoms with E-state index in [1.807, 2.05) is 13.8 Å². The molecule has 1 rings (SSSR count). The van der Waals surface area contributed by atoms with Crippen molar-refractivity contribution >= 4 is 15.9 Å². The Bertz CT molecular complexity index is 167. The highest BCUT2D eigenvalue weighted by Gasteiger charge is 2.50. The Hall–Kier alpha value is 0.400. The molecule has 0 saturated carbocycles. The Labute approximate surface area is 76.7 Å². The lowest BCUT2D eigenvalue weighted by Gasteiger charge is -2.34. The number of nitrogens with zero attached hydrogens (tertiary/aromatic N) is 1. The highest BCUT2D eigenvalue weighted by molar-refractivity contribution is 9.09. The van der Waals surface area contributed by atoms with E-state index in [1.165, 1.54) is 5.06 Å². The van der Waals surface area contributed by atoms with Crippen molar-refractivity contribution in [1.82, 2.24) is 5.06 Å². The molecule has 1 aliphatic rings. The van der Waals surface area contributed by atoms with Crippen molar-refractivity contribution in [3.63, 3.8) is 0 Å². The van der Waals surface area contributed by atoms with Crippen molar-refractivity contribution in [1.29, 1.82) is 0 Å². The van der Waals surface area contributed by atoms with Crippen LogP contribution in [0.3, 0.4) is 0 Å². The molecular formula is C8H16BrNO. The lowest BCUT2D eigenvalue weighted by atomic mass is 10.0. The van der Waals surface area contributed by atoms with Crippen LogP contribution in [0.15, 0.2) is 0 Å². The van der Waals surface area contributed by atoms with E-state index in [2.05, 4.69) is 29.8 Å². The molecule has 0 aromatic heterocycles. The third-order valence-corrected chi connectivity index (χ3v) is 4.01. The SMILES string of the molecule is CC1(C)CC(Br)C(C)(C)N1O. The summed E-state index contributed by atoms with van der Waals surface area (Å²) in [6.45, 7) is 8.19. The number of rotatable bonds is 0. The third-order valence-electron chi connectivity index (χ3n) is 2.56. The van der Waals surface area contributed by atoms with Crippen molar-refractivity contribution in [2.24, 2.45) is 0 Å². The van der Waals surface area contributed by atoms with Gasteiger partial charge in [-0.1, -0.05) is 15.9 Å². The smallest absolute Gasteiger partial charge is 0.0535 e. The summed E-state index contributed by atoms with van der Waals surface area (Å²) in [7, 11) is 0. The zero-order valence-electron chi connectivity index (χ0n) is 7.56. The van der Waals surface area contributed by atoms with Gasteiger partial charge in [0.2, 0.25) is 0 Å². The molecule has 1 aliphatic heterocycles. The molecule has 0 aromatic carbocycles. The van der Waals surface area contributed by atoms with Crippen LogP contribution in [-0.2, 0) is 0 Å². The van der Waals surface area contributed by atoms with E-state index in [0.29, 0.717) is 4.83 Å². The second-order valence-corrected chi connectivity index (χ2v) is 5.55. The normalized spacial score (nSPS) is 36.0. The first-order valence-electron chi connectivity index (χ1n) is 3.92. The first-order valence-corrected chi connectivity index (χ1v) is 4.83. The van der Waals surface area contributed by atoms with Crippen LogP contribution in [0.25, 0.3) is 0 Å². The summed E-state index contributed by atoms with van der Waals surface area (Å²) in [5, 5.41) is 11.2. The van der Waals surface area contributed by atoms with Gasteiger partial charge < -0.3 is 5.21 Å². The van der Waals surface area contributed by atoms with Crippen LogP contribution >= 0.6 is 15.9 Å². The Morgan fingerprint density at radius 3 is 1.91 bits per heavy atom. The summed E-state index contributed by atoms with van der Waals surface area (Å²) >= 11 is 3.57. The van der Waals surface area contributed by atoms with E-state index >= 15 is 0 Å². The predicted molar refractivity (Wildman–Crippen MR) is 49.1 cm³/mol. The molecule has 1 N–H and O–H groups in total. The fraction of sp³-hybridized carbons (Fsp3) is 1.00. The van der Waals surface area contributed by atoms with Crippen molar-refractivity contribution < 1.29 is 5.21 Å². The van der Waals surface area contributed by atoms with E-state index in [1.54, 1.807) is 0 Å². The minimum absolute atomic E-state index is 0.0995. The molecule has 1 unspecified atom stereocenters. The second kappa shape index (κ2) is 2.44. The Morgan fingerprint density at radius 2 is 1.82 bits per heavy atom. The van der Waals surface area contributed by atoms with Gasteiger partial charge in [0.15, 0.2) is 0 Å². The van der Waals surface area contributed by atoms with Gasteiger partial charge in [0, 0.05) is 10.4 Å². The van der Waals surface area contributed by atoms with Crippen molar-refractivity contribution in [3.8, 4) is 0 Å². The van der Waals surface area contributed by atoms with Gasteiger partial charge in [-0.2, -0.15) is 5.06 Å². The maximum atomic E-state index is 9.76. The molecule has 1 saturated heterocycles. The molecule has 0 amide bonds. The van der Waals surface area contributed by atoms with Gasteiger partial charge in [-0.15, -0.1) is 0 Å². The highest BCUT2D eigenvalue weighted by atomic mass is 79.9. The molecule has 1 atom stereocenters. The van der Waals surface area contributed by atoms with Gasteiger partial charge in [-0.25, -0.2) is 0 Å². The summed E-state index contributed by atoms with van der Waals surface area (Å²) in [5.41, 5.74) is -0.249. The van der Waals surface area contributed by atoms with Gasteiger partial charge in [0.25, 0.3) is 0 Å². The number of hydroxylamine groups is 2. The molecule has 0 bridgehead atoms. The van der Waals surface area contributed by atoms with Crippen LogP contribution in [0.5, 0.6) is 0 Å². The number of hydrogen-bond acceptors (Lipinski definition) is 2. The third kappa shape index (κ3) is 1.34. The summed E-state index contributed by atoms with van der Waals surface area (Å²) in [5.74, 6) is 0. The fourth-order valence-corrected chi connectivity index (χ4v) is 2.67. The molecule has 1 heterocycles. The lowest BCUT2D eigenvalue weighted by molar-refractivity contribution is -0.190. The van der Waals surface area contributed by atoms with Crippen molar-refractivity contribution in [2.45, 2.75) is 50.0 Å². The maximum absolute atomic E-state index is 9.76. The van der Waals surface area contributed by atoms with E-state index in [9.17, 15) is 5.21 Å². The standard InChI is InChI=1S/C8H16BrNO/c1-7(2)5-6(9)8(3,4)10(7)11/h6,11H,5H2,1-4H3. The summed E-state index contributed by atoms with van der Waals surface area (Å²) in [6.07, 6.45) is 0.983. The fourth-order valence-electron chi connectivity index (χ4n) is 1.69. The second-order valence-electron chi connectivity index (χ2n) is 4.45. The Balaban J connectivity index is 2.89. The summed E-state index contributed by atoms with van der Waals surface area (Å²) in [4.78, 5) is 0.370. The number of halogens is 1. The van der Waals surface area contributed by atoms with Gasteiger partial charge in [0.05, 0.1) is 5.54 Å². The largest absolute Gasteiger partial charge is 0.313 e. The van der Waals surface area contributed by atoms with Gasteiger partial charge in [0.1, 0.15) is 0 Å². The van der Waals surface area contributed by atoms with Crippen LogP contribution in [0.2, 0.25) is 0 Å². The minimum atomic E-state index is -0.149. The van der Waals surface area contributed by atoms with Crippen LogP contribution in [0.1, 0.15) is 34.1 Å². The Morgan fingerprint density at radius 1 is 1.36 bits per heavy atom. The first kappa shape index (κ1) is 9.49. The molecule has 11 heavy (non-hydrogen) atoms. The average molecular weight is 222 g/mol. The van der Waals surface area contributed by atoms with Gasteiger partial charge in [-0.05, 0) is 34.1 Å². The van der Waals surface area contributed by atoms with Crippen LogP contribution in [-0.4, -0.2) is 26.2 Å². The highest BCUT2D eigenvalue weighted by Crippen LogP contribution is 2.42. The zero-order valence-corrected chi connectivity index (χ0v) is 9.14. The van der Waals surface area contributed by atoms with Gasteiger partial charge in [-0.3, -0.25) is 0 Å². The lowest BCUT2D eigenvalue weighted by Crippen LogP contribution is -2.47. The summed E-state index contributed by atoms with van der Waals surface area (Å²) < 4.78 is 0. The summed E-state index contributed by atoms with van der Waals surface area (Å²) in [6, 6.07) is 0. The van der Waals surface area contributed by atoms with Crippen LogP contribution in [0.4, 0.5) is 0 Å². The molecule has 0 aliphatic carbocycles. The maximum Gasteiger partial charge on any atom is 0.0535 e. The molecule has 2 nitrogen and oxygen atoms in total. The minimum Gasteiger partial charge on any atom is -0.313 e.